The maximum atomic E-state index is 12.4. The summed E-state index contributed by atoms with van der Waals surface area (Å²) in [6, 6.07) is 9.99. The van der Waals surface area contributed by atoms with Crippen LogP contribution in [0.15, 0.2) is 35.4 Å². The second-order valence-corrected chi connectivity index (χ2v) is 7.49. The monoisotopic (exact) mass is 390 g/mol. The summed E-state index contributed by atoms with van der Waals surface area (Å²) in [5.41, 5.74) is 9.00. The minimum atomic E-state index is -0.505. The minimum Gasteiger partial charge on any atom is -0.444 e. The maximum Gasteiger partial charge on any atom is 0.410 e. The molecule has 1 fully saturated rings. The van der Waals surface area contributed by atoms with Crippen molar-refractivity contribution in [3.8, 4) is 0 Å². The van der Waals surface area contributed by atoms with E-state index in [0.717, 1.165) is 18.4 Å². The summed E-state index contributed by atoms with van der Waals surface area (Å²) < 4.78 is 11.6. The number of ether oxygens (including phenoxy) is 2. The van der Waals surface area contributed by atoms with Gasteiger partial charge in [0.1, 0.15) is 5.60 Å². The molecule has 7 nitrogen and oxygen atoms in total. The van der Waals surface area contributed by atoms with Gasteiger partial charge in [-0.15, -0.1) is 0 Å². The summed E-state index contributed by atoms with van der Waals surface area (Å²) >= 11 is 0. The van der Waals surface area contributed by atoms with Crippen LogP contribution in [-0.2, 0) is 9.47 Å². The zero-order chi connectivity index (χ0) is 21.0. The Balaban J connectivity index is 0.00000190. The molecule has 0 saturated carbocycles. The largest absolute Gasteiger partial charge is 0.444 e. The van der Waals surface area contributed by atoms with Crippen molar-refractivity contribution in [3.63, 3.8) is 0 Å². The highest BCUT2D eigenvalue weighted by molar-refractivity contribution is 5.68. The lowest BCUT2D eigenvalue weighted by Crippen LogP contribution is -2.44. The topological polar surface area (TPSA) is 87.5 Å². The number of carbonyl (C=O) groups is 1. The van der Waals surface area contributed by atoms with Crippen LogP contribution in [0, 0.1) is 5.92 Å². The SMILES string of the molecule is CC.CC(C)(C)OC(=O)N1CCCC(C(OCCN=[N+]=[N-])c2ccccc2)C1. The lowest BCUT2D eigenvalue weighted by molar-refractivity contribution is -0.0233. The van der Waals surface area contributed by atoms with Gasteiger partial charge in [0.05, 0.1) is 12.7 Å². The first-order valence-electron chi connectivity index (χ1n) is 10.1. The third kappa shape index (κ3) is 8.19. The maximum absolute atomic E-state index is 12.4. The number of amides is 1. The van der Waals surface area contributed by atoms with Crippen molar-refractivity contribution in [1.82, 2.24) is 4.90 Å². The van der Waals surface area contributed by atoms with Gasteiger partial charge >= 0.3 is 6.09 Å². The Morgan fingerprint density at radius 1 is 1.32 bits per heavy atom. The van der Waals surface area contributed by atoms with Crippen LogP contribution in [-0.4, -0.2) is 42.8 Å². The molecular weight excluding hydrogens is 356 g/mol. The van der Waals surface area contributed by atoms with Crippen LogP contribution in [0.4, 0.5) is 4.79 Å². The van der Waals surface area contributed by atoms with Crippen molar-refractivity contribution in [1.29, 1.82) is 0 Å². The molecule has 1 saturated heterocycles. The van der Waals surface area contributed by atoms with Gasteiger partial charge in [-0.1, -0.05) is 49.3 Å². The van der Waals surface area contributed by atoms with Crippen LogP contribution in [0.1, 0.15) is 59.1 Å². The highest BCUT2D eigenvalue weighted by Gasteiger charge is 2.32. The number of hydrogen-bond donors (Lipinski definition) is 0. The van der Waals surface area contributed by atoms with Gasteiger partial charge in [-0.2, -0.15) is 0 Å². The van der Waals surface area contributed by atoms with E-state index in [4.69, 9.17) is 15.0 Å². The summed E-state index contributed by atoms with van der Waals surface area (Å²) in [6.07, 6.45) is 1.46. The first-order chi connectivity index (χ1) is 13.4. The number of carbonyl (C=O) groups excluding carboxylic acids is 1. The number of azide groups is 1. The van der Waals surface area contributed by atoms with Crippen LogP contribution >= 0.6 is 0 Å². The quantitative estimate of drug-likeness (QED) is 0.269. The van der Waals surface area contributed by atoms with E-state index in [1.165, 1.54) is 0 Å². The molecule has 0 N–H and O–H groups in total. The van der Waals surface area contributed by atoms with Gasteiger partial charge in [0.25, 0.3) is 0 Å². The van der Waals surface area contributed by atoms with Crippen molar-refractivity contribution in [2.24, 2.45) is 11.0 Å². The Morgan fingerprint density at radius 2 is 2.00 bits per heavy atom. The van der Waals surface area contributed by atoms with Gasteiger partial charge in [0.15, 0.2) is 0 Å². The van der Waals surface area contributed by atoms with Gasteiger partial charge in [0.2, 0.25) is 0 Å². The third-order valence-electron chi connectivity index (χ3n) is 4.22. The fraction of sp³-hybridized carbons (Fsp3) is 0.667. The van der Waals surface area contributed by atoms with Gasteiger partial charge in [0, 0.05) is 30.5 Å². The lowest BCUT2D eigenvalue weighted by atomic mass is 9.88. The molecule has 1 amide bonds. The van der Waals surface area contributed by atoms with Crippen LogP contribution in [0.2, 0.25) is 0 Å². The normalized spacial score (nSPS) is 17.6. The summed E-state index contributed by atoms with van der Waals surface area (Å²) in [6.45, 7) is 11.6. The van der Waals surface area contributed by atoms with Gasteiger partial charge in [-0.25, -0.2) is 4.79 Å². The molecule has 2 atom stereocenters. The second-order valence-electron chi connectivity index (χ2n) is 7.49. The summed E-state index contributed by atoms with van der Waals surface area (Å²) in [5, 5.41) is 3.54. The molecule has 0 spiro atoms. The molecular formula is C21H34N4O3. The van der Waals surface area contributed by atoms with Gasteiger partial charge in [-0.05, 0) is 44.7 Å². The van der Waals surface area contributed by atoms with Crippen molar-refractivity contribution in [2.75, 3.05) is 26.2 Å². The highest BCUT2D eigenvalue weighted by Crippen LogP contribution is 2.33. The minimum absolute atomic E-state index is 0.143. The number of piperidine rings is 1. The average molecular weight is 391 g/mol. The number of likely N-dealkylation sites (tertiary alicyclic amines) is 1. The van der Waals surface area contributed by atoms with E-state index in [0.29, 0.717) is 26.2 Å². The molecule has 1 aliphatic heterocycles. The summed E-state index contributed by atoms with van der Waals surface area (Å²) in [4.78, 5) is 17.0. The van der Waals surface area contributed by atoms with E-state index in [9.17, 15) is 4.79 Å². The van der Waals surface area contributed by atoms with Crippen LogP contribution in [0.25, 0.3) is 10.4 Å². The molecule has 1 heterocycles. The fourth-order valence-corrected chi connectivity index (χ4v) is 3.16. The van der Waals surface area contributed by atoms with Crippen molar-refractivity contribution < 1.29 is 14.3 Å². The standard InChI is InChI=1S/C19H28N4O3.C2H6/c1-19(2,3)26-18(24)23-12-7-10-16(14-23)17(25-13-11-21-22-20)15-8-5-4-6-9-15;1-2/h4-6,8-9,16-17H,7,10-14H2,1-3H3;1-2H3. The van der Waals surface area contributed by atoms with Crippen molar-refractivity contribution in [3.05, 3.63) is 46.3 Å². The van der Waals surface area contributed by atoms with Crippen molar-refractivity contribution in [2.45, 2.75) is 59.2 Å². The molecule has 0 radical (unpaired) electrons. The molecule has 1 aromatic rings. The number of benzene rings is 1. The van der Waals surface area contributed by atoms with Gasteiger partial charge in [-0.3, -0.25) is 0 Å². The Bertz CT molecular complexity index is 624. The first-order valence-corrected chi connectivity index (χ1v) is 10.1. The Hall–Kier alpha value is -2.24. The Labute approximate surface area is 168 Å². The van der Waals surface area contributed by atoms with E-state index >= 15 is 0 Å². The zero-order valence-corrected chi connectivity index (χ0v) is 17.8. The molecule has 2 rings (SSSR count). The first kappa shape index (κ1) is 23.8. The van der Waals surface area contributed by atoms with Crippen LogP contribution < -0.4 is 0 Å². The number of hydrogen-bond acceptors (Lipinski definition) is 4. The molecule has 1 aromatic carbocycles. The smallest absolute Gasteiger partial charge is 0.410 e. The molecule has 0 bridgehead atoms. The molecule has 1 aliphatic rings. The van der Waals surface area contributed by atoms with Crippen LogP contribution in [0.5, 0.6) is 0 Å². The molecule has 0 aromatic heterocycles. The van der Waals surface area contributed by atoms with E-state index in [2.05, 4.69) is 10.0 Å². The molecule has 2 unspecified atom stereocenters. The number of nitrogens with zero attached hydrogens (tertiary/aromatic N) is 4. The lowest BCUT2D eigenvalue weighted by Gasteiger charge is -2.37. The molecule has 7 heteroatoms. The molecule has 0 aliphatic carbocycles. The van der Waals surface area contributed by atoms with Crippen molar-refractivity contribution >= 4 is 6.09 Å². The predicted molar refractivity (Wildman–Crippen MR) is 111 cm³/mol. The zero-order valence-electron chi connectivity index (χ0n) is 17.8. The predicted octanol–water partition coefficient (Wildman–Crippen LogP) is 5.73. The summed E-state index contributed by atoms with van der Waals surface area (Å²) in [5.74, 6) is 0.171. The van der Waals surface area contributed by atoms with E-state index in [1.54, 1.807) is 4.90 Å². The Kier molecular flexibility index (Phi) is 10.4. The second kappa shape index (κ2) is 12.3. The van der Waals surface area contributed by atoms with Crippen LogP contribution in [0.3, 0.4) is 0 Å². The summed E-state index contributed by atoms with van der Waals surface area (Å²) in [7, 11) is 0. The van der Waals surface area contributed by atoms with E-state index in [-0.39, 0.29) is 18.1 Å². The average Bonchev–Trinajstić information content (AvgIpc) is 2.69. The van der Waals surface area contributed by atoms with E-state index in [1.807, 2.05) is 65.0 Å². The van der Waals surface area contributed by atoms with Gasteiger partial charge < -0.3 is 14.4 Å². The highest BCUT2D eigenvalue weighted by atomic mass is 16.6. The molecule has 28 heavy (non-hydrogen) atoms. The third-order valence-corrected chi connectivity index (χ3v) is 4.22. The Morgan fingerprint density at radius 3 is 2.61 bits per heavy atom. The number of rotatable bonds is 6. The molecule has 156 valence electrons. The van der Waals surface area contributed by atoms with E-state index < -0.39 is 5.60 Å². The fourth-order valence-electron chi connectivity index (χ4n) is 3.16.